The van der Waals surface area contributed by atoms with Crippen LogP contribution in [0.2, 0.25) is 0 Å². The fourth-order valence-corrected chi connectivity index (χ4v) is 7.59. The van der Waals surface area contributed by atoms with E-state index >= 15 is 0 Å². The number of piperidine rings is 1. The van der Waals surface area contributed by atoms with Gasteiger partial charge in [0.05, 0.1) is 10.9 Å². The number of sulfonamides is 1. The molecule has 2 fully saturated rings. The molecule has 2 saturated heterocycles. The molecule has 6 heteroatoms. The van der Waals surface area contributed by atoms with Crippen LogP contribution in [0, 0.1) is 5.41 Å². The van der Waals surface area contributed by atoms with Crippen LogP contribution in [0.5, 0.6) is 0 Å². The number of rotatable bonds is 7. The molecule has 196 valence electrons. The van der Waals surface area contributed by atoms with Crippen molar-refractivity contribution in [3.8, 4) is 0 Å². The fraction of sp³-hybridized carbons (Fsp3) is 0.419. The Morgan fingerprint density at radius 3 is 2.00 bits per heavy atom. The van der Waals surface area contributed by atoms with Gasteiger partial charge in [-0.1, -0.05) is 86.6 Å². The van der Waals surface area contributed by atoms with E-state index in [2.05, 4.69) is 90.4 Å². The molecule has 0 N–H and O–H groups in total. The largest absolute Gasteiger partial charge is 0.297 e. The monoisotopic (exact) mass is 517 g/mol. The zero-order valence-corrected chi connectivity index (χ0v) is 22.9. The number of benzene rings is 3. The maximum atomic E-state index is 13.4. The molecule has 2 aliphatic heterocycles. The minimum Gasteiger partial charge on any atom is -0.297 e. The predicted octanol–water partition coefficient (Wildman–Crippen LogP) is 5.40. The molecule has 0 spiro atoms. The predicted molar refractivity (Wildman–Crippen MR) is 150 cm³/mol. The van der Waals surface area contributed by atoms with Gasteiger partial charge in [0, 0.05) is 45.8 Å². The van der Waals surface area contributed by atoms with Gasteiger partial charge in [0.25, 0.3) is 0 Å². The van der Waals surface area contributed by atoms with Crippen molar-refractivity contribution in [3.05, 3.63) is 102 Å². The minimum atomic E-state index is -3.47. The van der Waals surface area contributed by atoms with Crippen molar-refractivity contribution in [2.45, 2.75) is 44.2 Å². The molecular weight excluding hydrogens is 478 g/mol. The lowest BCUT2D eigenvalue weighted by Gasteiger charge is -2.40. The van der Waals surface area contributed by atoms with E-state index in [1.807, 2.05) is 12.1 Å². The van der Waals surface area contributed by atoms with Crippen molar-refractivity contribution >= 4 is 10.0 Å². The Morgan fingerprint density at radius 1 is 0.784 bits per heavy atom. The van der Waals surface area contributed by atoms with E-state index in [9.17, 15) is 8.42 Å². The van der Waals surface area contributed by atoms with Crippen LogP contribution in [0.1, 0.15) is 49.4 Å². The third-order valence-electron chi connectivity index (χ3n) is 7.81. The van der Waals surface area contributed by atoms with Gasteiger partial charge in [-0.25, -0.2) is 8.42 Å². The van der Waals surface area contributed by atoms with Crippen molar-refractivity contribution in [1.82, 2.24) is 14.1 Å². The number of hydrogen-bond donors (Lipinski definition) is 0. The van der Waals surface area contributed by atoms with Crippen LogP contribution in [-0.2, 0) is 16.6 Å². The van der Waals surface area contributed by atoms with E-state index in [1.54, 1.807) is 10.4 Å². The van der Waals surface area contributed by atoms with Gasteiger partial charge in [0.2, 0.25) is 10.0 Å². The summed E-state index contributed by atoms with van der Waals surface area (Å²) < 4.78 is 28.5. The van der Waals surface area contributed by atoms with Crippen molar-refractivity contribution in [1.29, 1.82) is 0 Å². The molecule has 5 nitrogen and oxygen atoms in total. The SMILES string of the molecule is CC1(C)CCCN(S(=O)(=O)c2cccc(CN3CCN(C(c4ccccc4)c4ccccc4)CC3)c2)C1. The number of hydrogen-bond acceptors (Lipinski definition) is 4. The molecule has 37 heavy (non-hydrogen) atoms. The van der Waals surface area contributed by atoms with E-state index in [0.717, 1.165) is 51.1 Å². The summed E-state index contributed by atoms with van der Waals surface area (Å²) in [6.45, 7) is 10.1. The van der Waals surface area contributed by atoms with E-state index in [0.29, 0.717) is 18.0 Å². The molecule has 0 atom stereocenters. The first-order valence-corrected chi connectivity index (χ1v) is 14.9. The topological polar surface area (TPSA) is 43.9 Å². The number of nitrogens with zero attached hydrogens (tertiary/aromatic N) is 3. The molecule has 3 aromatic rings. The van der Waals surface area contributed by atoms with Gasteiger partial charge < -0.3 is 0 Å². The van der Waals surface area contributed by atoms with Crippen LogP contribution in [0.4, 0.5) is 0 Å². The molecule has 0 bridgehead atoms. The molecule has 3 aromatic carbocycles. The molecule has 2 heterocycles. The molecule has 0 radical (unpaired) electrons. The highest BCUT2D eigenvalue weighted by molar-refractivity contribution is 7.89. The summed E-state index contributed by atoms with van der Waals surface area (Å²) in [7, 11) is -3.47. The van der Waals surface area contributed by atoms with Crippen LogP contribution < -0.4 is 0 Å². The highest BCUT2D eigenvalue weighted by atomic mass is 32.2. The second kappa shape index (κ2) is 11.1. The Balaban J connectivity index is 1.26. The summed E-state index contributed by atoms with van der Waals surface area (Å²) in [5.74, 6) is 0. The second-order valence-corrected chi connectivity index (χ2v) is 13.2. The normalized spacial score (nSPS) is 19.8. The summed E-state index contributed by atoms with van der Waals surface area (Å²) in [5, 5.41) is 0. The zero-order valence-electron chi connectivity index (χ0n) is 22.1. The first-order chi connectivity index (χ1) is 17.8. The minimum absolute atomic E-state index is 0.0277. The van der Waals surface area contributed by atoms with E-state index < -0.39 is 10.0 Å². The van der Waals surface area contributed by atoms with Gasteiger partial charge in [-0.2, -0.15) is 4.31 Å². The molecule has 0 unspecified atom stereocenters. The first kappa shape index (κ1) is 26.1. The fourth-order valence-electron chi connectivity index (χ4n) is 5.85. The van der Waals surface area contributed by atoms with Gasteiger partial charge in [-0.15, -0.1) is 0 Å². The van der Waals surface area contributed by atoms with Gasteiger partial charge in [0.15, 0.2) is 0 Å². The molecule has 0 aromatic heterocycles. The summed E-state index contributed by atoms with van der Waals surface area (Å²) in [4.78, 5) is 5.44. The molecule has 0 saturated carbocycles. The van der Waals surface area contributed by atoms with Gasteiger partial charge in [0.1, 0.15) is 0 Å². The van der Waals surface area contributed by atoms with Gasteiger partial charge in [-0.3, -0.25) is 9.80 Å². The van der Waals surface area contributed by atoms with Crippen LogP contribution in [0.15, 0.2) is 89.8 Å². The van der Waals surface area contributed by atoms with Crippen LogP contribution in [-0.4, -0.2) is 61.8 Å². The molecule has 5 rings (SSSR count). The standard InChI is InChI=1S/C31H39N3O2S/c1-31(2)17-10-18-34(25-31)37(35,36)29-16-9-11-26(23-29)24-32-19-21-33(22-20-32)30(27-12-5-3-6-13-27)28-14-7-4-8-15-28/h3-9,11-16,23,30H,10,17-22,24-25H2,1-2H3. The molecule has 0 aliphatic carbocycles. The Labute approximate surface area is 222 Å². The van der Waals surface area contributed by atoms with Gasteiger partial charge >= 0.3 is 0 Å². The van der Waals surface area contributed by atoms with Crippen molar-refractivity contribution in [3.63, 3.8) is 0 Å². The van der Waals surface area contributed by atoms with E-state index in [-0.39, 0.29) is 11.5 Å². The van der Waals surface area contributed by atoms with Crippen LogP contribution in [0.25, 0.3) is 0 Å². The Bertz CT molecular complexity index is 1230. The quantitative estimate of drug-likeness (QED) is 0.421. The average molecular weight is 518 g/mol. The maximum Gasteiger partial charge on any atom is 0.243 e. The number of piperazine rings is 1. The smallest absolute Gasteiger partial charge is 0.243 e. The van der Waals surface area contributed by atoms with Crippen molar-refractivity contribution < 1.29 is 8.42 Å². The lowest BCUT2D eigenvalue weighted by Crippen LogP contribution is -2.47. The Hall–Kier alpha value is -2.51. The highest BCUT2D eigenvalue weighted by Crippen LogP contribution is 2.32. The lowest BCUT2D eigenvalue weighted by molar-refractivity contribution is 0.105. The first-order valence-electron chi connectivity index (χ1n) is 13.5. The zero-order chi connectivity index (χ0) is 25.9. The van der Waals surface area contributed by atoms with Crippen molar-refractivity contribution in [2.75, 3.05) is 39.3 Å². The van der Waals surface area contributed by atoms with Crippen LogP contribution in [0.3, 0.4) is 0 Å². The Morgan fingerprint density at radius 2 is 1.41 bits per heavy atom. The summed E-state index contributed by atoms with van der Waals surface area (Å²) in [5.41, 5.74) is 3.73. The summed E-state index contributed by atoms with van der Waals surface area (Å²) in [6, 6.07) is 29.3. The third-order valence-corrected chi connectivity index (χ3v) is 9.65. The highest BCUT2D eigenvalue weighted by Gasteiger charge is 2.34. The average Bonchev–Trinajstić information content (AvgIpc) is 2.91. The van der Waals surface area contributed by atoms with Crippen LogP contribution >= 0.6 is 0 Å². The molecular formula is C31H39N3O2S. The lowest BCUT2D eigenvalue weighted by atomic mass is 9.85. The molecule has 0 amide bonds. The Kier molecular flexibility index (Phi) is 7.82. The van der Waals surface area contributed by atoms with E-state index in [4.69, 9.17) is 0 Å². The van der Waals surface area contributed by atoms with Gasteiger partial charge in [-0.05, 0) is 47.1 Å². The maximum absolute atomic E-state index is 13.4. The van der Waals surface area contributed by atoms with E-state index in [1.165, 1.54) is 11.1 Å². The summed E-state index contributed by atoms with van der Waals surface area (Å²) in [6.07, 6.45) is 1.99. The van der Waals surface area contributed by atoms with Crippen molar-refractivity contribution in [2.24, 2.45) is 5.41 Å². The molecule has 2 aliphatic rings. The second-order valence-electron chi connectivity index (χ2n) is 11.3. The summed E-state index contributed by atoms with van der Waals surface area (Å²) >= 11 is 0. The third kappa shape index (κ3) is 6.15.